The topological polar surface area (TPSA) is 46.5 Å². The van der Waals surface area contributed by atoms with Crippen molar-refractivity contribution < 1.29 is 14.6 Å². The number of ether oxygens (including phenoxy) is 1. The molecule has 27 heavy (non-hydrogen) atoms. The van der Waals surface area contributed by atoms with E-state index < -0.39 is 0 Å². The molecule has 2 aliphatic rings. The molecule has 2 aliphatic carbocycles. The van der Waals surface area contributed by atoms with Gasteiger partial charge in [-0.2, -0.15) is 0 Å². The summed E-state index contributed by atoms with van der Waals surface area (Å²) in [4.78, 5) is 12.9. The van der Waals surface area contributed by atoms with Gasteiger partial charge in [0.15, 0.2) is 0 Å². The molecular formula is C24H22O3. The van der Waals surface area contributed by atoms with Crippen LogP contribution in [0.2, 0.25) is 0 Å². The molecule has 3 unspecified atom stereocenters. The van der Waals surface area contributed by atoms with E-state index in [2.05, 4.69) is 6.92 Å². The molecule has 5 rings (SSSR count). The van der Waals surface area contributed by atoms with Crippen LogP contribution in [0.1, 0.15) is 58.6 Å². The van der Waals surface area contributed by atoms with E-state index in [0.717, 1.165) is 40.3 Å². The van der Waals surface area contributed by atoms with Crippen molar-refractivity contribution in [2.24, 2.45) is 5.92 Å². The van der Waals surface area contributed by atoms with Crippen LogP contribution in [0.15, 0.2) is 48.5 Å². The highest BCUT2D eigenvalue weighted by Gasteiger charge is 2.47. The Morgan fingerprint density at radius 3 is 2.44 bits per heavy atom. The molecule has 0 radical (unpaired) electrons. The number of aromatic hydroxyl groups is 1. The molecule has 0 heterocycles. The van der Waals surface area contributed by atoms with E-state index in [1.54, 1.807) is 12.1 Å². The Morgan fingerprint density at radius 2 is 1.70 bits per heavy atom. The number of fused-ring (bicyclic) bond motifs is 6. The van der Waals surface area contributed by atoms with E-state index in [9.17, 15) is 9.90 Å². The lowest BCUT2D eigenvalue weighted by Crippen LogP contribution is -2.12. The summed E-state index contributed by atoms with van der Waals surface area (Å²) in [5.41, 5.74) is 3.61. The van der Waals surface area contributed by atoms with Crippen LogP contribution >= 0.6 is 0 Å². The van der Waals surface area contributed by atoms with E-state index in [-0.39, 0.29) is 5.97 Å². The van der Waals surface area contributed by atoms with Crippen LogP contribution in [0.3, 0.4) is 0 Å². The van der Waals surface area contributed by atoms with Gasteiger partial charge in [0.1, 0.15) is 11.5 Å². The smallest absolute Gasteiger partial charge is 0.343 e. The summed E-state index contributed by atoms with van der Waals surface area (Å²) in [6, 6.07) is 15.0. The minimum absolute atomic E-state index is 0.344. The first kappa shape index (κ1) is 16.4. The largest absolute Gasteiger partial charge is 0.507 e. The fourth-order valence-corrected chi connectivity index (χ4v) is 5.25. The lowest BCUT2D eigenvalue weighted by atomic mass is 9.86. The van der Waals surface area contributed by atoms with E-state index in [0.29, 0.717) is 34.8 Å². The molecule has 0 aromatic heterocycles. The van der Waals surface area contributed by atoms with Crippen molar-refractivity contribution in [1.29, 1.82) is 0 Å². The Balaban J connectivity index is 1.76. The molecule has 0 saturated heterocycles. The highest BCUT2D eigenvalue weighted by Crippen LogP contribution is 2.63. The van der Waals surface area contributed by atoms with Crippen LogP contribution in [-0.4, -0.2) is 11.1 Å². The van der Waals surface area contributed by atoms with Gasteiger partial charge in [0.25, 0.3) is 0 Å². The fraction of sp³-hybridized carbons (Fsp3) is 0.292. The van der Waals surface area contributed by atoms with Gasteiger partial charge in [-0.3, -0.25) is 0 Å². The molecule has 3 nitrogen and oxygen atoms in total. The number of phenolic OH excluding ortho intramolecular Hbond substituents is 1. The summed E-state index contributed by atoms with van der Waals surface area (Å²) < 4.78 is 6.04. The average molecular weight is 358 g/mol. The first-order valence-corrected chi connectivity index (χ1v) is 9.63. The van der Waals surface area contributed by atoms with Gasteiger partial charge >= 0.3 is 5.97 Å². The average Bonchev–Trinajstić information content (AvgIpc) is 3.19. The highest BCUT2D eigenvalue weighted by atomic mass is 16.5. The Bertz CT molecular complexity index is 1070. The Labute approximate surface area is 158 Å². The summed E-state index contributed by atoms with van der Waals surface area (Å²) in [6.45, 7) is 4.26. The van der Waals surface area contributed by atoms with Gasteiger partial charge in [0.2, 0.25) is 0 Å². The summed E-state index contributed by atoms with van der Waals surface area (Å²) in [5.74, 6) is 1.86. The Morgan fingerprint density at radius 1 is 1.00 bits per heavy atom. The minimum atomic E-state index is -0.344. The third kappa shape index (κ3) is 2.24. The zero-order chi connectivity index (χ0) is 18.7. The lowest BCUT2D eigenvalue weighted by molar-refractivity contribution is 0.0734. The van der Waals surface area contributed by atoms with E-state index in [1.807, 2.05) is 43.3 Å². The van der Waals surface area contributed by atoms with Gasteiger partial charge in [0, 0.05) is 21.9 Å². The molecule has 1 fully saturated rings. The molecule has 3 heteroatoms. The highest BCUT2D eigenvalue weighted by molar-refractivity contribution is 6.02. The van der Waals surface area contributed by atoms with E-state index >= 15 is 0 Å². The van der Waals surface area contributed by atoms with Gasteiger partial charge in [-0.15, -0.1) is 0 Å². The molecule has 3 atom stereocenters. The zero-order valence-electron chi connectivity index (χ0n) is 15.5. The number of esters is 1. The zero-order valence-corrected chi connectivity index (χ0v) is 15.5. The number of carbonyl (C=O) groups excluding carboxylic acids is 1. The number of aryl methyl sites for hydroxylation is 1. The van der Waals surface area contributed by atoms with Crippen molar-refractivity contribution in [2.45, 2.75) is 38.5 Å². The molecule has 136 valence electrons. The van der Waals surface area contributed by atoms with Gasteiger partial charge in [-0.25, -0.2) is 4.79 Å². The summed E-state index contributed by atoms with van der Waals surface area (Å²) >= 11 is 0. The van der Waals surface area contributed by atoms with Crippen LogP contribution < -0.4 is 4.74 Å². The monoisotopic (exact) mass is 358 g/mol. The van der Waals surface area contributed by atoms with Crippen molar-refractivity contribution in [3.63, 3.8) is 0 Å². The van der Waals surface area contributed by atoms with Crippen molar-refractivity contribution in [1.82, 2.24) is 0 Å². The lowest BCUT2D eigenvalue weighted by Gasteiger charge is -2.23. The second kappa shape index (κ2) is 5.85. The summed E-state index contributed by atoms with van der Waals surface area (Å²) in [7, 11) is 0. The molecule has 0 spiro atoms. The molecule has 0 aliphatic heterocycles. The number of benzene rings is 3. The van der Waals surface area contributed by atoms with Crippen molar-refractivity contribution in [3.05, 3.63) is 70.8 Å². The number of hydrogen-bond acceptors (Lipinski definition) is 3. The molecule has 0 amide bonds. The maximum atomic E-state index is 12.9. The normalized spacial score (nSPS) is 22.8. The molecule has 1 N–H and O–H groups in total. The standard InChI is InChI=1S/C24H22O3/c1-13-7-6-10-18-19(13)23(27-24(26)15-8-4-3-5-9-15)21-17-12-11-16(14(17)2)20(21)22(18)25/h3-10,14,16-17,25H,11-12H2,1-2H3. The SMILES string of the molecule is Cc1cccc2c(O)c3c(c(OC(=O)c4ccccc4)c12)C1CCC3C1C. The van der Waals surface area contributed by atoms with Crippen LogP contribution in [-0.2, 0) is 0 Å². The van der Waals surface area contributed by atoms with Crippen LogP contribution in [0.5, 0.6) is 11.5 Å². The summed E-state index contributed by atoms with van der Waals surface area (Å²) in [5, 5.41) is 12.7. The number of carbonyl (C=O) groups is 1. The molecule has 1 saturated carbocycles. The van der Waals surface area contributed by atoms with Crippen molar-refractivity contribution >= 4 is 16.7 Å². The first-order valence-electron chi connectivity index (χ1n) is 9.63. The van der Waals surface area contributed by atoms with E-state index in [1.165, 1.54) is 0 Å². The molecule has 3 aromatic rings. The van der Waals surface area contributed by atoms with Crippen molar-refractivity contribution in [2.75, 3.05) is 0 Å². The van der Waals surface area contributed by atoms with Gasteiger partial charge in [-0.05, 0) is 55.2 Å². The number of hydrogen-bond donors (Lipinski definition) is 1. The van der Waals surface area contributed by atoms with Crippen LogP contribution in [0.25, 0.3) is 10.8 Å². The van der Waals surface area contributed by atoms with Crippen LogP contribution in [0, 0.1) is 12.8 Å². The van der Waals surface area contributed by atoms with E-state index in [4.69, 9.17) is 4.74 Å². The molecular weight excluding hydrogens is 336 g/mol. The van der Waals surface area contributed by atoms with Gasteiger partial charge < -0.3 is 9.84 Å². The number of rotatable bonds is 2. The van der Waals surface area contributed by atoms with Crippen molar-refractivity contribution in [3.8, 4) is 11.5 Å². The second-order valence-corrected chi connectivity index (χ2v) is 7.91. The van der Waals surface area contributed by atoms with Gasteiger partial charge in [0.05, 0.1) is 5.56 Å². The fourth-order valence-electron chi connectivity index (χ4n) is 5.25. The molecule has 2 bridgehead atoms. The number of phenols is 1. The maximum absolute atomic E-state index is 12.9. The predicted molar refractivity (Wildman–Crippen MR) is 106 cm³/mol. The first-order chi connectivity index (χ1) is 13.1. The summed E-state index contributed by atoms with van der Waals surface area (Å²) in [6.07, 6.45) is 2.18. The third-order valence-electron chi connectivity index (χ3n) is 6.55. The predicted octanol–water partition coefficient (Wildman–Crippen LogP) is 5.68. The maximum Gasteiger partial charge on any atom is 0.343 e. The Hall–Kier alpha value is -2.81. The Kier molecular flexibility index (Phi) is 3.55. The minimum Gasteiger partial charge on any atom is -0.507 e. The third-order valence-corrected chi connectivity index (χ3v) is 6.55. The molecule has 3 aromatic carbocycles. The van der Waals surface area contributed by atoms with Crippen LogP contribution in [0.4, 0.5) is 0 Å². The quantitative estimate of drug-likeness (QED) is 0.473. The second-order valence-electron chi connectivity index (χ2n) is 7.91. The van der Waals surface area contributed by atoms with Gasteiger partial charge in [-0.1, -0.05) is 43.3 Å².